The van der Waals surface area contributed by atoms with Gasteiger partial charge in [0, 0.05) is 11.4 Å². The van der Waals surface area contributed by atoms with Crippen molar-refractivity contribution in [1.82, 2.24) is 0 Å². The van der Waals surface area contributed by atoms with Gasteiger partial charge in [-0.2, -0.15) is 0 Å². The van der Waals surface area contributed by atoms with Gasteiger partial charge >= 0.3 is 5.97 Å². The highest BCUT2D eigenvalue weighted by molar-refractivity contribution is 7.79. The van der Waals surface area contributed by atoms with Crippen LogP contribution in [0.25, 0.3) is 11.0 Å². The number of ether oxygens (including phenoxy) is 2. The SMILES string of the molecule is C=CCOC(=O)c1cc(=O)c2c(OCC(O)C=S)cccc2o1. The predicted octanol–water partition coefficient (Wildman–Crippen LogP) is 1.88. The molecule has 120 valence electrons. The normalized spacial score (nSPS) is 11.7. The third-order valence-electron chi connectivity index (χ3n) is 2.82. The lowest BCUT2D eigenvalue weighted by Crippen LogP contribution is -2.18. The smallest absolute Gasteiger partial charge is 0.374 e. The minimum absolute atomic E-state index is 0.0131. The summed E-state index contributed by atoms with van der Waals surface area (Å²) < 4.78 is 15.6. The highest BCUT2D eigenvalue weighted by atomic mass is 32.1. The van der Waals surface area contributed by atoms with Crippen LogP contribution in [0.15, 0.2) is 46.1 Å². The molecule has 1 aromatic carbocycles. The highest BCUT2D eigenvalue weighted by Crippen LogP contribution is 2.23. The van der Waals surface area contributed by atoms with Gasteiger partial charge < -0.3 is 19.0 Å². The second-order valence-electron chi connectivity index (χ2n) is 4.51. The topological polar surface area (TPSA) is 86.0 Å². The molecule has 1 unspecified atom stereocenters. The van der Waals surface area contributed by atoms with Crippen LogP contribution in [0.3, 0.4) is 0 Å². The molecule has 0 saturated carbocycles. The molecule has 2 aromatic rings. The van der Waals surface area contributed by atoms with Crippen molar-refractivity contribution in [2.45, 2.75) is 6.10 Å². The van der Waals surface area contributed by atoms with Crippen LogP contribution in [0, 0.1) is 0 Å². The summed E-state index contributed by atoms with van der Waals surface area (Å²) in [6, 6.07) is 5.73. The summed E-state index contributed by atoms with van der Waals surface area (Å²) in [6.45, 7) is 3.35. The Morgan fingerprint density at radius 2 is 2.26 bits per heavy atom. The van der Waals surface area contributed by atoms with E-state index in [4.69, 9.17) is 13.9 Å². The Hall–Kier alpha value is -2.51. The number of benzene rings is 1. The number of fused-ring (bicyclic) bond motifs is 1. The van der Waals surface area contributed by atoms with Gasteiger partial charge in [0.15, 0.2) is 5.43 Å². The zero-order valence-electron chi connectivity index (χ0n) is 12.1. The monoisotopic (exact) mass is 334 g/mol. The number of hydrogen-bond acceptors (Lipinski definition) is 7. The Kier molecular flexibility index (Phi) is 5.61. The second kappa shape index (κ2) is 7.66. The Morgan fingerprint density at radius 3 is 2.96 bits per heavy atom. The minimum Gasteiger partial charge on any atom is -0.490 e. The molecule has 1 heterocycles. The number of rotatable bonds is 7. The average molecular weight is 334 g/mol. The first-order chi connectivity index (χ1) is 11.1. The van der Waals surface area contributed by atoms with Crippen LogP contribution in [0.1, 0.15) is 10.6 Å². The summed E-state index contributed by atoms with van der Waals surface area (Å²) in [6.07, 6.45) is 0.477. The minimum atomic E-state index is -0.930. The molecule has 1 atom stereocenters. The summed E-state index contributed by atoms with van der Waals surface area (Å²) in [5.41, 5.74) is -0.276. The predicted molar refractivity (Wildman–Crippen MR) is 88.1 cm³/mol. The van der Waals surface area contributed by atoms with Crippen molar-refractivity contribution in [3.05, 3.63) is 52.9 Å². The highest BCUT2D eigenvalue weighted by Gasteiger charge is 2.16. The summed E-state index contributed by atoms with van der Waals surface area (Å²) in [5.74, 6) is -0.732. The first-order valence-electron chi connectivity index (χ1n) is 6.68. The van der Waals surface area contributed by atoms with E-state index in [9.17, 15) is 14.7 Å². The maximum absolute atomic E-state index is 12.3. The van der Waals surface area contributed by atoms with Gasteiger partial charge in [-0.15, -0.1) is 0 Å². The van der Waals surface area contributed by atoms with Gasteiger partial charge in [0.25, 0.3) is 0 Å². The summed E-state index contributed by atoms with van der Waals surface area (Å²) in [7, 11) is 0. The third-order valence-corrected chi connectivity index (χ3v) is 3.13. The van der Waals surface area contributed by atoms with E-state index in [1.54, 1.807) is 12.1 Å². The van der Waals surface area contributed by atoms with Crippen LogP contribution in [-0.4, -0.2) is 35.8 Å². The van der Waals surface area contributed by atoms with Gasteiger partial charge in [0.1, 0.15) is 36.0 Å². The number of esters is 1. The number of thiocarbonyl (C=S) groups is 1. The molecule has 0 spiro atoms. The van der Waals surface area contributed by atoms with Crippen molar-refractivity contribution in [3.8, 4) is 5.75 Å². The molecule has 23 heavy (non-hydrogen) atoms. The van der Waals surface area contributed by atoms with Crippen LogP contribution < -0.4 is 10.2 Å². The van der Waals surface area contributed by atoms with Crippen molar-refractivity contribution < 1.29 is 23.8 Å². The van der Waals surface area contributed by atoms with Gasteiger partial charge in [0.2, 0.25) is 5.76 Å². The number of aliphatic hydroxyl groups is 1. The molecular weight excluding hydrogens is 320 g/mol. The van der Waals surface area contributed by atoms with E-state index >= 15 is 0 Å². The van der Waals surface area contributed by atoms with Gasteiger partial charge in [-0.05, 0) is 12.1 Å². The Bertz CT molecular complexity index is 795. The first-order valence-corrected chi connectivity index (χ1v) is 7.15. The van der Waals surface area contributed by atoms with E-state index in [0.717, 1.165) is 11.4 Å². The van der Waals surface area contributed by atoms with Crippen LogP contribution in [0.2, 0.25) is 0 Å². The van der Waals surface area contributed by atoms with Crippen LogP contribution in [0.4, 0.5) is 0 Å². The van der Waals surface area contributed by atoms with Crippen LogP contribution in [0.5, 0.6) is 5.75 Å². The zero-order valence-corrected chi connectivity index (χ0v) is 12.9. The van der Waals surface area contributed by atoms with E-state index < -0.39 is 17.5 Å². The molecule has 0 amide bonds. The molecule has 0 fully saturated rings. The van der Waals surface area contributed by atoms with Gasteiger partial charge in [-0.25, -0.2) is 4.79 Å². The van der Waals surface area contributed by atoms with Crippen molar-refractivity contribution in [1.29, 1.82) is 0 Å². The fourth-order valence-corrected chi connectivity index (χ4v) is 1.90. The lowest BCUT2D eigenvalue weighted by molar-refractivity contribution is 0.0514. The molecule has 0 radical (unpaired) electrons. The summed E-state index contributed by atoms with van der Waals surface area (Å²) >= 11 is 4.60. The number of carbonyl (C=O) groups excluding carboxylic acids is 1. The van der Waals surface area contributed by atoms with Crippen molar-refractivity contribution >= 4 is 34.5 Å². The van der Waals surface area contributed by atoms with E-state index in [0.29, 0.717) is 0 Å². The van der Waals surface area contributed by atoms with E-state index in [2.05, 4.69) is 18.8 Å². The van der Waals surface area contributed by atoms with Gasteiger partial charge in [-0.3, -0.25) is 4.79 Å². The van der Waals surface area contributed by atoms with E-state index in [-0.39, 0.29) is 35.7 Å². The largest absolute Gasteiger partial charge is 0.490 e. The lowest BCUT2D eigenvalue weighted by Gasteiger charge is -2.10. The van der Waals surface area contributed by atoms with Crippen molar-refractivity contribution in [2.75, 3.05) is 13.2 Å². The van der Waals surface area contributed by atoms with Crippen molar-refractivity contribution in [2.24, 2.45) is 0 Å². The number of carbonyl (C=O) groups is 1. The third kappa shape index (κ3) is 4.02. The molecule has 0 saturated heterocycles. The van der Waals surface area contributed by atoms with E-state index in [1.165, 1.54) is 12.1 Å². The molecule has 0 aliphatic carbocycles. The second-order valence-corrected chi connectivity index (χ2v) is 4.78. The quantitative estimate of drug-likeness (QED) is 0.470. The molecule has 1 N–H and O–H groups in total. The summed E-state index contributed by atoms with van der Waals surface area (Å²) in [5, 5.41) is 10.7. The molecular formula is C16H14O6S. The molecule has 0 aliphatic rings. The zero-order chi connectivity index (χ0) is 16.8. The van der Waals surface area contributed by atoms with Crippen LogP contribution in [-0.2, 0) is 4.74 Å². The maximum Gasteiger partial charge on any atom is 0.374 e. The summed E-state index contributed by atoms with van der Waals surface area (Å²) in [4.78, 5) is 24.0. The number of aliphatic hydroxyl groups excluding tert-OH is 1. The molecule has 1 aromatic heterocycles. The van der Waals surface area contributed by atoms with Gasteiger partial charge in [0.05, 0.1) is 0 Å². The van der Waals surface area contributed by atoms with Crippen LogP contribution >= 0.6 is 12.2 Å². The maximum atomic E-state index is 12.3. The first kappa shape index (κ1) is 16.9. The lowest BCUT2D eigenvalue weighted by atomic mass is 10.2. The molecule has 0 aliphatic heterocycles. The standard InChI is InChI=1S/C16H14O6S/c1-2-6-20-16(19)14-7-11(18)15-12(21-8-10(17)9-23)4-3-5-13(15)22-14/h2-5,7,9-10,17H,1,6,8H2. The van der Waals surface area contributed by atoms with Gasteiger partial charge in [-0.1, -0.05) is 30.9 Å². The molecule has 0 bridgehead atoms. The Balaban J connectivity index is 2.39. The molecule has 2 rings (SSSR count). The van der Waals surface area contributed by atoms with Crippen molar-refractivity contribution in [3.63, 3.8) is 0 Å². The fourth-order valence-electron chi connectivity index (χ4n) is 1.82. The fraction of sp³-hybridized carbons (Fsp3) is 0.188. The Labute approximate surface area is 136 Å². The Morgan fingerprint density at radius 1 is 1.48 bits per heavy atom. The average Bonchev–Trinajstić information content (AvgIpc) is 2.56. The molecule has 6 nitrogen and oxygen atoms in total. The number of hydrogen-bond donors (Lipinski definition) is 1. The molecule has 7 heteroatoms. The van der Waals surface area contributed by atoms with E-state index in [1.807, 2.05) is 0 Å².